The lowest BCUT2D eigenvalue weighted by molar-refractivity contribution is -0.384. The third kappa shape index (κ3) is 3.26. The number of carbonyl (C=O) groups is 2. The number of hydrogen-bond donors (Lipinski definition) is 1. The molecule has 0 aromatic heterocycles. The van der Waals surface area contributed by atoms with Gasteiger partial charge in [0.2, 0.25) is 0 Å². The molecule has 0 aliphatic heterocycles. The van der Waals surface area contributed by atoms with Crippen LogP contribution in [-0.2, 0) is 0 Å². The lowest BCUT2D eigenvalue weighted by Gasteiger charge is -2.10. The number of ether oxygens (including phenoxy) is 1. The number of aldehydes is 1. The Bertz CT molecular complexity index is 742. The minimum atomic E-state index is -0.579. The molecule has 0 spiro atoms. The van der Waals surface area contributed by atoms with Crippen molar-refractivity contribution in [1.82, 2.24) is 0 Å². The van der Waals surface area contributed by atoms with Crippen LogP contribution in [0.5, 0.6) is 5.75 Å². The maximum atomic E-state index is 12.2. The van der Waals surface area contributed by atoms with Gasteiger partial charge in [-0.1, -0.05) is 6.07 Å². The van der Waals surface area contributed by atoms with E-state index < -0.39 is 10.8 Å². The smallest absolute Gasteiger partial charge is 0.270 e. The predicted molar refractivity (Wildman–Crippen MR) is 79.4 cm³/mol. The molecule has 0 aliphatic carbocycles. The molecule has 0 saturated heterocycles. The van der Waals surface area contributed by atoms with Crippen molar-refractivity contribution >= 4 is 23.6 Å². The van der Waals surface area contributed by atoms with Gasteiger partial charge in [-0.3, -0.25) is 19.7 Å². The summed E-state index contributed by atoms with van der Waals surface area (Å²) < 4.78 is 5.10. The molecule has 7 heteroatoms. The average Bonchev–Trinajstić information content (AvgIpc) is 2.54. The molecule has 0 aliphatic rings. The highest BCUT2D eigenvalue weighted by molar-refractivity contribution is 6.05. The monoisotopic (exact) mass is 300 g/mol. The molecule has 0 radical (unpaired) electrons. The van der Waals surface area contributed by atoms with Crippen LogP contribution in [0, 0.1) is 10.1 Å². The zero-order valence-electron chi connectivity index (χ0n) is 11.6. The Kier molecular flexibility index (Phi) is 4.47. The summed E-state index contributed by atoms with van der Waals surface area (Å²) in [6.07, 6.45) is 0.641. The Morgan fingerprint density at radius 1 is 1.27 bits per heavy atom. The number of amides is 1. The third-order valence-electron chi connectivity index (χ3n) is 2.93. The van der Waals surface area contributed by atoms with E-state index in [1.165, 1.54) is 37.4 Å². The van der Waals surface area contributed by atoms with Crippen LogP contribution in [0.2, 0.25) is 0 Å². The van der Waals surface area contributed by atoms with Gasteiger partial charge >= 0.3 is 0 Å². The fourth-order valence-electron chi connectivity index (χ4n) is 1.85. The summed E-state index contributed by atoms with van der Waals surface area (Å²) in [5.74, 6) is -0.158. The van der Waals surface area contributed by atoms with E-state index in [4.69, 9.17) is 4.74 Å². The molecule has 0 heterocycles. The van der Waals surface area contributed by atoms with Crippen molar-refractivity contribution in [2.45, 2.75) is 0 Å². The Morgan fingerprint density at radius 3 is 2.68 bits per heavy atom. The number of hydrogen-bond acceptors (Lipinski definition) is 5. The molecule has 1 amide bonds. The number of nitro benzene ring substituents is 1. The maximum absolute atomic E-state index is 12.2. The van der Waals surface area contributed by atoms with Gasteiger partial charge in [0, 0.05) is 23.3 Å². The maximum Gasteiger partial charge on any atom is 0.270 e. The number of nitrogens with zero attached hydrogens (tertiary/aromatic N) is 1. The predicted octanol–water partition coefficient (Wildman–Crippen LogP) is 2.67. The summed E-state index contributed by atoms with van der Waals surface area (Å²) in [5, 5.41) is 13.3. The molecular formula is C15H12N2O5. The molecule has 0 saturated carbocycles. The molecule has 112 valence electrons. The summed E-state index contributed by atoms with van der Waals surface area (Å²) in [5.41, 5.74) is 0.632. The van der Waals surface area contributed by atoms with E-state index in [9.17, 15) is 19.7 Å². The SMILES string of the molecule is COc1ccc(C=O)cc1NC(=O)c1cccc([N+](=O)[O-])c1. The van der Waals surface area contributed by atoms with Crippen molar-refractivity contribution in [3.63, 3.8) is 0 Å². The van der Waals surface area contributed by atoms with E-state index in [0.717, 1.165) is 0 Å². The van der Waals surface area contributed by atoms with Crippen molar-refractivity contribution in [2.24, 2.45) is 0 Å². The van der Waals surface area contributed by atoms with Crippen LogP contribution in [0.4, 0.5) is 11.4 Å². The molecule has 7 nitrogen and oxygen atoms in total. The highest BCUT2D eigenvalue weighted by Gasteiger charge is 2.14. The molecule has 0 fully saturated rings. The molecule has 22 heavy (non-hydrogen) atoms. The van der Waals surface area contributed by atoms with Gasteiger partial charge in [0.15, 0.2) is 0 Å². The number of rotatable bonds is 5. The highest BCUT2D eigenvalue weighted by Crippen LogP contribution is 2.26. The van der Waals surface area contributed by atoms with Gasteiger partial charge in [0.05, 0.1) is 17.7 Å². The van der Waals surface area contributed by atoms with Gasteiger partial charge in [0.25, 0.3) is 11.6 Å². The van der Waals surface area contributed by atoms with Crippen LogP contribution in [-0.4, -0.2) is 24.2 Å². The average molecular weight is 300 g/mol. The molecule has 0 bridgehead atoms. The minimum Gasteiger partial charge on any atom is -0.495 e. The van der Waals surface area contributed by atoms with Gasteiger partial charge in [-0.15, -0.1) is 0 Å². The lowest BCUT2D eigenvalue weighted by atomic mass is 10.1. The van der Waals surface area contributed by atoms with Gasteiger partial charge in [-0.25, -0.2) is 0 Å². The first kappa shape index (κ1) is 15.2. The fraction of sp³-hybridized carbons (Fsp3) is 0.0667. The molecule has 0 unspecified atom stereocenters. The molecule has 1 N–H and O–H groups in total. The number of nitro groups is 1. The Balaban J connectivity index is 2.30. The van der Waals surface area contributed by atoms with Gasteiger partial charge in [0.1, 0.15) is 12.0 Å². The standard InChI is InChI=1S/C15H12N2O5/c1-22-14-6-5-10(9-18)7-13(14)16-15(19)11-3-2-4-12(8-11)17(20)21/h2-9H,1H3,(H,16,19). The van der Waals surface area contributed by atoms with Crippen molar-refractivity contribution in [3.05, 3.63) is 63.7 Å². The van der Waals surface area contributed by atoms with Gasteiger partial charge < -0.3 is 10.1 Å². The van der Waals surface area contributed by atoms with E-state index in [-0.39, 0.29) is 11.3 Å². The number of benzene rings is 2. The first-order valence-corrected chi connectivity index (χ1v) is 6.24. The van der Waals surface area contributed by atoms with Crippen LogP contribution in [0.3, 0.4) is 0 Å². The quantitative estimate of drug-likeness (QED) is 0.520. The summed E-state index contributed by atoms with van der Waals surface area (Å²) in [6.45, 7) is 0. The van der Waals surface area contributed by atoms with Crippen LogP contribution < -0.4 is 10.1 Å². The number of non-ortho nitro benzene ring substituents is 1. The normalized spacial score (nSPS) is 9.86. The van der Waals surface area contributed by atoms with E-state index >= 15 is 0 Å². The number of methoxy groups -OCH3 is 1. The summed E-state index contributed by atoms with van der Waals surface area (Å²) in [7, 11) is 1.43. The summed E-state index contributed by atoms with van der Waals surface area (Å²) in [6, 6.07) is 9.91. The van der Waals surface area contributed by atoms with Crippen LogP contribution in [0.25, 0.3) is 0 Å². The summed E-state index contributed by atoms with van der Waals surface area (Å²) >= 11 is 0. The second-order valence-electron chi connectivity index (χ2n) is 4.34. The number of carbonyl (C=O) groups excluding carboxylic acids is 2. The molecule has 2 aromatic rings. The van der Waals surface area contributed by atoms with E-state index in [1.807, 2.05) is 0 Å². The largest absolute Gasteiger partial charge is 0.495 e. The summed E-state index contributed by atoms with van der Waals surface area (Å²) in [4.78, 5) is 33.1. The first-order chi connectivity index (χ1) is 10.5. The van der Waals surface area contributed by atoms with Crippen LogP contribution >= 0.6 is 0 Å². The van der Waals surface area contributed by atoms with E-state index in [0.29, 0.717) is 23.3 Å². The van der Waals surface area contributed by atoms with Crippen LogP contribution in [0.15, 0.2) is 42.5 Å². The minimum absolute atomic E-state index is 0.132. The van der Waals surface area contributed by atoms with Crippen molar-refractivity contribution in [3.8, 4) is 5.75 Å². The fourth-order valence-corrected chi connectivity index (χ4v) is 1.85. The number of anilines is 1. The Morgan fingerprint density at radius 2 is 2.05 bits per heavy atom. The first-order valence-electron chi connectivity index (χ1n) is 6.24. The topological polar surface area (TPSA) is 98.5 Å². The number of nitrogens with one attached hydrogen (secondary N) is 1. The molecule has 0 atom stereocenters. The van der Waals surface area contributed by atoms with Gasteiger partial charge in [-0.2, -0.15) is 0 Å². The zero-order valence-corrected chi connectivity index (χ0v) is 11.6. The molecule has 2 aromatic carbocycles. The van der Waals surface area contributed by atoms with Crippen LogP contribution in [0.1, 0.15) is 20.7 Å². The van der Waals surface area contributed by atoms with E-state index in [2.05, 4.69) is 5.32 Å². The Labute approximate surface area is 125 Å². The van der Waals surface area contributed by atoms with Crippen molar-refractivity contribution in [1.29, 1.82) is 0 Å². The second-order valence-corrected chi connectivity index (χ2v) is 4.34. The van der Waals surface area contributed by atoms with Crippen molar-refractivity contribution < 1.29 is 19.2 Å². The lowest BCUT2D eigenvalue weighted by Crippen LogP contribution is -2.13. The van der Waals surface area contributed by atoms with Gasteiger partial charge in [-0.05, 0) is 24.3 Å². The Hall–Kier alpha value is -3.22. The third-order valence-corrected chi connectivity index (χ3v) is 2.93. The molecule has 2 rings (SSSR count). The van der Waals surface area contributed by atoms with E-state index in [1.54, 1.807) is 12.1 Å². The second kappa shape index (κ2) is 6.49. The van der Waals surface area contributed by atoms with Crippen molar-refractivity contribution in [2.75, 3.05) is 12.4 Å². The highest BCUT2D eigenvalue weighted by atomic mass is 16.6. The molecular weight excluding hydrogens is 288 g/mol. The zero-order chi connectivity index (χ0) is 16.1.